The predicted molar refractivity (Wildman–Crippen MR) is 121 cm³/mol. The van der Waals surface area contributed by atoms with E-state index in [1.807, 2.05) is 30.6 Å². The molecule has 2 aromatic heterocycles. The van der Waals surface area contributed by atoms with Crippen LogP contribution in [0.1, 0.15) is 32.1 Å². The van der Waals surface area contributed by atoms with Gasteiger partial charge in [-0.1, -0.05) is 24.3 Å². The van der Waals surface area contributed by atoms with Crippen LogP contribution in [0.4, 0.5) is 10.2 Å². The number of nitrogens with one attached hydrogen (secondary N) is 1. The van der Waals surface area contributed by atoms with Gasteiger partial charge in [-0.25, -0.2) is 19.3 Å². The first-order valence-corrected chi connectivity index (χ1v) is 11.4. The molecule has 0 spiro atoms. The third kappa shape index (κ3) is 3.96. The quantitative estimate of drug-likeness (QED) is 0.611. The van der Waals surface area contributed by atoms with Gasteiger partial charge in [0.1, 0.15) is 30.5 Å². The summed E-state index contributed by atoms with van der Waals surface area (Å²) in [7, 11) is 0. The molecule has 5 atom stereocenters. The number of ether oxygens (including phenoxy) is 4. The normalized spacial score (nSPS) is 30.4. The van der Waals surface area contributed by atoms with Gasteiger partial charge in [-0.2, -0.15) is 0 Å². The molecular weight excluding hydrogens is 441 g/mol. The van der Waals surface area contributed by atoms with Gasteiger partial charge in [-0.3, -0.25) is 4.57 Å². The number of rotatable bonds is 5. The Hall–Kier alpha value is -2.92. The van der Waals surface area contributed by atoms with Gasteiger partial charge in [0.2, 0.25) is 0 Å². The first-order valence-electron chi connectivity index (χ1n) is 11.4. The molecule has 0 bridgehead atoms. The maximum Gasteiger partial charge on any atom is 0.167 e. The van der Waals surface area contributed by atoms with Gasteiger partial charge in [0, 0.05) is 6.61 Å². The molecule has 3 aliphatic rings. The molecule has 9 nitrogen and oxygen atoms in total. The molecule has 0 aliphatic carbocycles. The molecule has 5 heterocycles. The third-order valence-electron chi connectivity index (χ3n) is 6.32. The number of hydrogen-bond donors (Lipinski definition) is 1. The van der Waals surface area contributed by atoms with Crippen molar-refractivity contribution in [3.8, 4) is 0 Å². The van der Waals surface area contributed by atoms with Crippen LogP contribution in [0.15, 0.2) is 43.0 Å². The molecule has 1 aromatic carbocycles. The highest BCUT2D eigenvalue weighted by atomic mass is 19.1. The van der Waals surface area contributed by atoms with E-state index in [0.717, 1.165) is 18.6 Å². The maximum absolute atomic E-state index is 13.3. The highest BCUT2D eigenvalue weighted by Gasteiger charge is 2.55. The molecule has 178 valence electrons. The Kier molecular flexibility index (Phi) is 5.33. The van der Waals surface area contributed by atoms with Crippen LogP contribution in [0.5, 0.6) is 0 Å². The fourth-order valence-electron chi connectivity index (χ4n) is 4.75. The molecule has 3 fully saturated rings. The lowest BCUT2D eigenvalue weighted by molar-refractivity contribution is -0.191. The van der Waals surface area contributed by atoms with Gasteiger partial charge in [-0.15, -0.1) is 0 Å². The van der Waals surface area contributed by atoms with Gasteiger partial charge >= 0.3 is 0 Å². The van der Waals surface area contributed by atoms with Crippen LogP contribution in [-0.4, -0.2) is 62.9 Å². The van der Waals surface area contributed by atoms with Crippen molar-refractivity contribution in [1.29, 1.82) is 0 Å². The van der Waals surface area contributed by atoms with E-state index in [0.29, 0.717) is 23.6 Å². The minimum Gasteiger partial charge on any atom is -0.379 e. The molecule has 6 rings (SSSR count). The zero-order valence-corrected chi connectivity index (χ0v) is 18.9. The number of anilines is 1. The molecular formula is C24H26FN5O4. The first kappa shape index (κ1) is 21.6. The van der Waals surface area contributed by atoms with Crippen molar-refractivity contribution in [2.45, 2.75) is 56.6 Å². The highest BCUT2D eigenvalue weighted by Crippen LogP contribution is 2.44. The number of benzene rings is 1. The van der Waals surface area contributed by atoms with Gasteiger partial charge in [0.25, 0.3) is 0 Å². The zero-order valence-electron chi connectivity index (χ0n) is 18.9. The summed E-state index contributed by atoms with van der Waals surface area (Å²) in [6.07, 6.45) is 6.45. The summed E-state index contributed by atoms with van der Waals surface area (Å²) in [5, 5.41) is 3.41. The average Bonchev–Trinajstić information content (AvgIpc) is 3.58. The second-order valence-electron chi connectivity index (χ2n) is 9.22. The lowest BCUT2D eigenvalue weighted by atomic mass is 10.1. The largest absolute Gasteiger partial charge is 0.379 e. The number of aromatic nitrogens is 4. The molecule has 10 heteroatoms. The SMILES string of the molecule is CC1(C)O[C@H]2[C@H](O1)[C@@H](/C=C/c1ccc(F)cc1)O[C@H]2n1cnc2c(NC3CCOC3)ncnc21. The van der Waals surface area contributed by atoms with E-state index in [1.165, 1.54) is 18.5 Å². The highest BCUT2D eigenvalue weighted by molar-refractivity contribution is 5.82. The third-order valence-corrected chi connectivity index (χ3v) is 6.32. The fourth-order valence-corrected chi connectivity index (χ4v) is 4.75. The average molecular weight is 468 g/mol. The number of hydrogen-bond acceptors (Lipinski definition) is 8. The first-order chi connectivity index (χ1) is 16.5. The monoisotopic (exact) mass is 467 g/mol. The number of nitrogens with zero attached hydrogens (tertiary/aromatic N) is 4. The van der Waals surface area contributed by atoms with E-state index in [9.17, 15) is 4.39 Å². The smallest absolute Gasteiger partial charge is 0.167 e. The predicted octanol–water partition coefficient (Wildman–Crippen LogP) is 3.30. The lowest BCUT2D eigenvalue weighted by Crippen LogP contribution is -2.28. The zero-order chi connectivity index (χ0) is 23.3. The van der Waals surface area contributed by atoms with Crippen molar-refractivity contribution in [3.05, 3.63) is 54.4 Å². The van der Waals surface area contributed by atoms with E-state index in [-0.39, 0.29) is 30.2 Å². The van der Waals surface area contributed by atoms with E-state index in [4.69, 9.17) is 18.9 Å². The lowest BCUT2D eigenvalue weighted by Gasteiger charge is -2.24. The van der Waals surface area contributed by atoms with Gasteiger partial charge in [0.15, 0.2) is 29.0 Å². The number of fused-ring (bicyclic) bond motifs is 2. The Labute approximate surface area is 195 Å². The Bertz CT molecular complexity index is 1210. The van der Waals surface area contributed by atoms with Crippen LogP contribution >= 0.6 is 0 Å². The Morgan fingerprint density at radius 3 is 2.74 bits per heavy atom. The van der Waals surface area contributed by atoms with Crippen LogP contribution in [-0.2, 0) is 18.9 Å². The molecule has 0 saturated carbocycles. The van der Waals surface area contributed by atoms with Crippen LogP contribution < -0.4 is 5.32 Å². The van der Waals surface area contributed by atoms with Gasteiger partial charge in [-0.05, 0) is 38.0 Å². The van der Waals surface area contributed by atoms with Crippen LogP contribution in [0.2, 0.25) is 0 Å². The van der Waals surface area contributed by atoms with E-state index >= 15 is 0 Å². The van der Waals surface area contributed by atoms with Crippen molar-refractivity contribution in [2.75, 3.05) is 18.5 Å². The van der Waals surface area contributed by atoms with Crippen LogP contribution in [0.25, 0.3) is 17.2 Å². The minimum atomic E-state index is -0.750. The van der Waals surface area contributed by atoms with Crippen molar-refractivity contribution >= 4 is 23.1 Å². The summed E-state index contributed by atoms with van der Waals surface area (Å²) < 4.78 is 39.4. The second kappa shape index (κ2) is 8.38. The van der Waals surface area contributed by atoms with E-state index in [2.05, 4.69) is 20.3 Å². The van der Waals surface area contributed by atoms with Gasteiger partial charge in [0.05, 0.1) is 19.0 Å². The van der Waals surface area contributed by atoms with Crippen LogP contribution in [0, 0.1) is 5.82 Å². The van der Waals surface area contributed by atoms with Crippen molar-refractivity contribution in [3.63, 3.8) is 0 Å². The van der Waals surface area contributed by atoms with Crippen molar-refractivity contribution in [2.24, 2.45) is 0 Å². The minimum absolute atomic E-state index is 0.198. The molecule has 0 radical (unpaired) electrons. The summed E-state index contributed by atoms with van der Waals surface area (Å²) in [5.74, 6) is -0.350. The summed E-state index contributed by atoms with van der Waals surface area (Å²) in [5.41, 5.74) is 2.19. The van der Waals surface area contributed by atoms with Crippen molar-refractivity contribution in [1.82, 2.24) is 19.5 Å². The van der Waals surface area contributed by atoms with Gasteiger partial charge < -0.3 is 24.3 Å². The van der Waals surface area contributed by atoms with E-state index < -0.39 is 12.0 Å². The second-order valence-corrected chi connectivity index (χ2v) is 9.22. The van der Waals surface area contributed by atoms with E-state index in [1.54, 1.807) is 18.5 Å². The Balaban J connectivity index is 1.30. The standard InChI is InChI=1S/C24H26FN5O4/c1-24(2)33-19-17(8-5-14-3-6-15(25)7-4-14)32-23(20(19)34-24)30-13-28-18-21(26-12-27-22(18)30)29-16-9-10-31-11-16/h3-8,12-13,16-17,19-20,23H,9-11H2,1-2H3,(H,26,27,29)/b8-5+/t16?,17-,19-,20+,23-/m1/s1. The molecule has 3 aliphatic heterocycles. The maximum atomic E-state index is 13.3. The summed E-state index contributed by atoms with van der Waals surface area (Å²) in [6, 6.07) is 6.49. The molecule has 3 aromatic rings. The summed E-state index contributed by atoms with van der Waals surface area (Å²) in [4.78, 5) is 13.5. The summed E-state index contributed by atoms with van der Waals surface area (Å²) >= 11 is 0. The Morgan fingerprint density at radius 1 is 1.12 bits per heavy atom. The Morgan fingerprint density at radius 2 is 1.94 bits per heavy atom. The number of halogens is 1. The topological polar surface area (TPSA) is 92.6 Å². The summed E-state index contributed by atoms with van der Waals surface area (Å²) in [6.45, 7) is 5.16. The van der Waals surface area contributed by atoms with Crippen molar-refractivity contribution < 1.29 is 23.3 Å². The molecule has 0 amide bonds. The number of imidazole rings is 1. The molecule has 3 saturated heterocycles. The fraction of sp³-hybridized carbons (Fsp3) is 0.458. The van der Waals surface area contributed by atoms with Crippen LogP contribution in [0.3, 0.4) is 0 Å². The molecule has 1 unspecified atom stereocenters. The molecule has 34 heavy (non-hydrogen) atoms. The molecule has 1 N–H and O–H groups in total.